The summed E-state index contributed by atoms with van der Waals surface area (Å²) >= 11 is 0. The van der Waals surface area contributed by atoms with Gasteiger partial charge in [-0.3, -0.25) is 9.69 Å². The van der Waals surface area contributed by atoms with Gasteiger partial charge in [0.05, 0.1) is 18.7 Å². The van der Waals surface area contributed by atoms with Crippen LogP contribution in [0.25, 0.3) is 0 Å². The minimum atomic E-state index is -0.0374. The van der Waals surface area contributed by atoms with Crippen molar-refractivity contribution >= 4 is 11.9 Å². The number of rotatable bonds is 4. The molecule has 24 heavy (non-hydrogen) atoms. The summed E-state index contributed by atoms with van der Waals surface area (Å²) in [6, 6.07) is -0.000491. The normalized spacial score (nSPS) is 26.6. The minimum Gasteiger partial charge on any atom is -0.376 e. The van der Waals surface area contributed by atoms with E-state index >= 15 is 0 Å². The Morgan fingerprint density at radius 3 is 2.33 bits per heavy atom. The number of likely N-dealkylation sites (tertiary alicyclic amines) is 1. The smallest absolute Gasteiger partial charge is 0.317 e. The molecular weight excluding hydrogens is 308 g/mol. The number of piperazine rings is 1. The zero-order valence-electron chi connectivity index (χ0n) is 14.7. The summed E-state index contributed by atoms with van der Waals surface area (Å²) in [6.45, 7) is 7.88. The van der Waals surface area contributed by atoms with Gasteiger partial charge in [0.1, 0.15) is 0 Å². The van der Waals surface area contributed by atoms with Crippen LogP contribution in [0.2, 0.25) is 0 Å². The van der Waals surface area contributed by atoms with Crippen LogP contribution in [-0.2, 0) is 9.53 Å². The number of ether oxygens (including phenoxy) is 1. The van der Waals surface area contributed by atoms with E-state index in [9.17, 15) is 9.59 Å². The van der Waals surface area contributed by atoms with Gasteiger partial charge in [0, 0.05) is 32.8 Å². The summed E-state index contributed by atoms with van der Waals surface area (Å²) in [5.41, 5.74) is 0. The third kappa shape index (κ3) is 4.39. The second-order valence-corrected chi connectivity index (χ2v) is 7.14. The molecule has 0 radical (unpaired) electrons. The molecular formula is C17H30N4O3. The summed E-state index contributed by atoms with van der Waals surface area (Å²) in [5.74, 6) is 0.199. The van der Waals surface area contributed by atoms with Crippen LogP contribution in [-0.4, -0.2) is 91.2 Å². The van der Waals surface area contributed by atoms with Crippen molar-refractivity contribution in [2.24, 2.45) is 0 Å². The van der Waals surface area contributed by atoms with E-state index in [1.165, 1.54) is 12.8 Å². The molecule has 0 aromatic carbocycles. The van der Waals surface area contributed by atoms with Crippen LogP contribution < -0.4 is 5.32 Å². The van der Waals surface area contributed by atoms with E-state index in [1.807, 2.05) is 16.7 Å². The Kier molecular flexibility index (Phi) is 5.94. The van der Waals surface area contributed by atoms with Crippen LogP contribution in [0.15, 0.2) is 0 Å². The fourth-order valence-electron chi connectivity index (χ4n) is 3.77. The summed E-state index contributed by atoms with van der Waals surface area (Å²) in [7, 11) is 0. The van der Waals surface area contributed by atoms with Gasteiger partial charge in [0.25, 0.3) is 0 Å². The largest absolute Gasteiger partial charge is 0.376 e. The van der Waals surface area contributed by atoms with Gasteiger partial charge in [-0.05, 0) is 45.7 Å². The van der Waals surface area contributed by atoms with Crippen LogP contribution in [0, 0.1) is 0 Å². The van der Waals surface area contributed by atoms with Crippen molar-refractivity contribution in [1.29, 1.82) is 0 Å². The molecule has 0 aromatic heterocycles. The Bertz CT molecular complexity index is 439. The Labute approximate surface area is 144 Å². The van der Waals surface area contributed by atoms with E-state index in [0.717, 1.165) is 32.5 Å². The summed E-state index contributed by atoms with van der Waals surface area (Å²) in [4.78, 5) is 30.6. The summed E-state index contributed by atoms with van der Waals surface area (Å²) < 4.78 is 5.62. The molecule has 0 saturated carbocycles. The first kappa shape index (κ1) is 17.5. The van der Waals surface area contributed by atoms with E-state index < -0.39 is 0 Å². The SMILES string of the molecule is C[C@@H](NC(=O)N1CCN(C(=O)CN2CCCC2)CC1)[C@@H]1CCCO1. The Morgan fingerprint density at radius 2 is 1.71 bits per heavy atom. The fourth-order valence-corrected chi connectivity index (χ4v) is 3.77. The van der Waals surface area contributed by atoms with Gasteiger partial charge < -0.3 is 19.9 Å². The molecule has 1 N–H and O–H groups in total. The third-order valence-electron chi connectivity index (χ3n) is 5.35. The van der Waals surface area contributed by atoms with Gasteiger partial charge >= 0.3 is 6.03 Å². The lowest BCUT2D eigenvalue weighted by atomic mass is 10.1. The van der Waals surface area contributed by atoms with Crippen molar-refractivity contribution in [1.82, 2.24) is 20.0 Å². The van der Waals surface area contributed by atoms with Gasteiger partial charge in [-0.2, -0.15) is 0 Å². The van der Waals surface area contributed by atoms with Crippen LogP contribution in [0.5, 0.6) is 0 Å². The van der Waals surface area contributed by atoms with Gasteiger partial charge in [-0.1, -0.05) is 0 Å². The molecule has 2 atom stereocenters. The molecule has 3 amide bonds. The highest BCUT2D eigenvalue weighted by Gasteiger charge is 2.28. The molecule has 7 heteroatoms. The average molecular weight is 338 g/mol. The predicted molar refractivity (Wildman–Crippen MR) is 90.8 cm³/mol. The molecule has 0 bridgehead atoms. The minimum absolute atomic E-state index is 0.0369. The van der Waals surface area contributed by atoms with E-state index in [4.69, 9.17) is 4.74 Å². The van der Waals surface area contributed by atoms with E-state index in [0.29, 0.717) is 32.7 Å². The van der Waals surface area contributed by atoms with Crippen molar-refractivity contribution in [2.45, 2.75) is 44.8 Å². The van der Waals surface area contributed by atoms with Crippen molar-refractivity contribution in [3.05, 3.63) is 0 Å². The number of hydrogen-bond donors (Lipinski definition) is 1. The zero-order chi connectivity index (χ0) is 16.9. The van der Waals surface area contributed by atoms with Crippen LogP contribution in [0.1, 0.15) is 32.6 Å². The molecule has 7 nitrogen and oxygen atoms in total. The van der Waals surface area contributed by atoms with Crippen molar-refractivity contribution in [2.75, 3.05) is 52.4 Å². The van der Waals surface area contributed by atoms with E-state index in [-0.39, 0.29) is 24.1 Å². The van der Waals surface area contributed by atoms with Crippen LogP contribution in [0.3, 0.4) is 0 Å². The fraction of sp³-hybridized carbons (Fsp3) is 0.882. The zero-order valence-corrected chi connectivity index (χ0v) is 14.7. The Hall–Kier alpha value is -1.34. The second-order valence-electron chi connectivity index (χ2n) is 7.14. The van der Waals surface area contributed by atoms with Gasteiger partial charge in [-0.25, -0.2) is 4.79 Å². The maximum Gasteiger partial charge on any atom is 0.317 e. The molecule has 0 unspecified atom stereocenters. The van der Waals surface area contributed by atoms with Crippen LogP contribution >= 0.6 is 0 Å². The number of carbonyl (C=O) groups is 2. The lowest BCUT2D eigenvalue weighted by Crippen LogP contribution is -2.56. The number of nitrogens with zero attached hydrogens (tertiary/aromatic N) is 3. The summed E-state index contributed by atoms with van der Waals surface area (Å²) in [6.07, 6.45) is 4.62. The molecule has 3 aliphatic rings. The molecule has 3 aliphatic heterocycles. The first-order valence-corrected chi connectivity index (χ1v) is 9.30. The highest BCUT2D eigenvalue weighted by Crippen LogP contribution is 2.16. The lowest BCUT2D eigenvalue weighted by molar-refractivity contribution is -0.133. The van der Waals surface area contributed by atoms with Gasteiger partial charge in [-0.15, -0.1) is 0 Å². The molecule has 3 saturated heterocycles. The molecule has 3 heterocycles. The molecule has 0 aliphatic carbocycles. The molecule has 0 spiro atoms. The van der Waals surface area contributed by atoms with E-state index in [1.54, 1.807) is 0 Å². The lowest BCUT2D eigenvalue weighted by Gasteiger charge is -2.36. The summed E-state index contributed by atoms with van der Waals surface area (Å²) in [5, 5.41) is 3.04. The molecule has 0 aromatic rings. The van der Waals surface area contributed by atoms with Gasteiger partial charge in [0.15, 0.2) is 0 Å². The number of nitrogens with one attached hydrogen (secondary N) is 1. The first-order chi connectivity index (χ1) is 11.6. The van der Waals surface area contributed by atoms with Crippen LogP contribution in [0.4, 0.5) is 4.79 Å². The van der Waals surface area contributed by atoms with Crippen molar-refractivity contribution in [3.8, 4) is 0 Å². The average Bonchev–Trinajstić information content (AvgIpc) is 3.28. The highest BCUT2D eigenvalue weighted by atomic mass is 16.5. The maximum absolute atomic E-state index is 12.4. The molecule has 136 valence electrons. The monoisotopic (exact) mass is 338 g/mol. The number of carbonyl (C=O) groups excluding carboxylic acids is 2. The highest BCUT2D eigenvalue weighted by molar-refractivity contribution is 5.79. The number of urea groups is 1. The maximum atomic E-state index is 12.4. The number of amides is 3. The van der Waals surface area contributed by atoms with Gasteiger partial charge in [0.2, 0.25) is 5.91 Å². The third-order valence-corrected chi connectivity index (χ3v) is 5.35. The predicted octanol–water partition coefficient (Wildman–Crippen LogP) is 0.504. The first-order valence-electron chi connectivity index (χ1n) is 9.30. The van der Waals surface area contributed by atoms with E-state index in [2.05, 4.69) is 10.2 Å². The molecule has 3 fully saturated rings. The standard InChI is InChI=1S/C17H30N4O3/c1-14(15-5-4-12-24-15)18-17(23)21-10-8-20(9-11-21)16(22)13-19-6-2-3-7-19/h14-15H,2-13H2,1H3,(H,18,23)/t14-,15+/m1/s1. The Morgan fingerprint density at radius 1 is 1.04 bits per heavy atom. The topological polar surface area (TPSA) is 65.1 Å². The second kappa shape index (κ2) is 8.16. The molecule has 3 rings (SSSR count). The van der Waals surface area contributed by atoms with Crippen molar-refractivity contribution < 1.29 is 14.3 Å². The number of hydrogen-bond acceptors (Lipinski definition) is 4. The quantitative estimate of drug-likeness (QED) is 0.811. The Balaban J connectivity index is 1.39. The van der Waals surface area contributed by atoms with Crippen molar-refractivity contribution in [3.63, 3.8) is 0 Å².